The van der Waals surface area contributed by atoms with E-state index >= 15 is 0 Å². The zero-order valence-corrected chi connectivity index (χ0v) is 17.2. The summed E-state index contributed by atoms with van der Waals surface area (Å²) in [6, 6.07) is 10.4. The van der Waals surface area contributed by atoms with Gasteiger partial charge in [-0.3, -0.25) is 0 Å². The zero-order chi connectivity index (χ0) is 21.6. The van der Waals surface area contributed by atoms with Crippen LogP contribution in [0.2, 0.25) is 0 Å². The average molecular weight is 414 g/mol. The molecule has 0 amide bonds. The second-order valence-electron chi connectivity index (χ2n) is 6.45. The van der Waals surface area contributed by atoms with E-state index in [2.05, 4.69) is 13.2 Å². The topological polar surface area (TPSA) is 77.4 Å². The van der Waals surface area contributed by atoms with Crippen molar-refractivity contribution in [2.45, 2.75) is 12.8 Å². The summed E-state index contributed by atoms with van der Waals surface area (Å²) in [5, 5.41) is 19.8. The van der Waals surface area contributed by atoms with E-state index in [0.717, 1.165) is 11.1 Å². The molecule has 0 bridgehead atoms. The van der Waals surface area contributed by atoms with Crippen LogP contribution in [0.25, 0.3) is 0 Å². The monoisotopic (exact) mass is 414 g/mol. The van der Waals surface area contributed by atoms with E-state index < -0.39 is 0 Å². The van der Waals surface area contributed by atoms with Crippen molar-refractivity contribution in [1.82, 2.24) is 0 Å². The maximum Gasteiger partial charge on any atom is 0.126 e. The molecule has 2 rings (SSSR count). The summed E-state index contributed by atoms with van der Waals surface area (Å²) in [7, 11) is 0. The number of allylic oxidation sites excluding steroid dienone is 2. The van der Waals surface area contributed by atoms with Crippen molar-refractivity contribution in [2.75, 3.05) is 39.6 Å². The lowest BCUT2D eigenvalue weighted by atomic mass is 10.1. The highest BCUT2D eigenvalue weighted by Crippen LogP contribution is 2.28. The molecule has 0 fully saturated rings. The van der Waals surface area contributed by atoms with E-state index in [-0.39, 0.29) is 11.5 Å². The fraction of sp³-hybridized carbons (Fsp3) is 0.333. The predicted octanol–water partition coefficient (Wildman–Crippen LogP) is 4.05. The van der Waals surface area contributed by atoms with Crippen LogP contribution in [0.3, 0.4) is 0 Å². The van der Waals surface area contributed by atoms with Crippen LogP contribution in [0.5, 0.6) is 23.0 Å². The number of benzene rings is 2. The van der Waals surface area contributed by atoms with E-state index in [1.165, 1.54) is 0 Å². The van der Waals surface area contributed by atoms with Crippen LogP contribution < -0.4 is 9.47 Å². The standard InChI is InChI=1S/C24H30O6/c1-3-6-19-10-11-20(18-23(19)26)29-16-14-27-12-13-28-15-17-30-24-9-5-8-22(25)21(24)7-4-2/h3-5,8-11,18,25-26H,1-2,6-7,12-17H2. The number of phenols is 2. The number of hydrogen-bond donors (Lipinski definition) is 2. The summed E-state index contributed by atoms with van der Waals surface area (Å²) in [5.74, 6) is 1.63. The summed E-state index contributed by atoms with van der Waals surface area (Å²) in [6.07, 6.45) is 4.62. The lowest BCUT2D eigenvalue weighted by Crippen LogP contribution is -2.13. The fourth-order valence-electron chi connectivity index (χ4n) is 2.75. The quantitative estimate of drug-likeness (QED) is 0.338. The highest BCUT2D eigenvalue weighted by molar-refractivity contribution is 5.45. The zero-order valence-electron chi connectivity index (χ0n) is 17.2. The van der Waals surface area contributed by atoms with Crippen LogP contribution in [0.1, 0.15) is 11.1 Å². The highest BCUT2D eigenvalue weighted by Gasteiger charge is 2.07. The highest BCUT2D eigenvalue weighted by atomic mass is 16.6. The van der Waals surface area contributed by atoms with Gasteiger partial charge in [0, 0.05) is 11.6 Å². The Morgan fingerprint density at radius 2 is 1.40 bits per heavy atom. The van der Waals surface area contributed by atoms with Gasteiger partial charge in [-0.05, 0) is 36.6 Å². The Kier molecular flexibility index (Phi) is 10.3. The molecule has 2 aromatic rings. The van der Waals surface area contributed by atoms with Crippen LogP contribution in [-0.4, -0.2) is 49.9 Å². The van der Waals surface area contributed by atoms with Gasteiger partial charge in [0.05, 0.1) is 26.4 Å². The molecular formula is C24H30O6. The summed E-state index contributed by atoms with van der Waals surface area (Å²) in [5.41, 5.74) is 1.54. The van der Waals surface area contributed by atoms with E-state index in [1.54, 1.807) is 30.4 Å². The van der Waals surface area contributed by atoms with Crippen LogP contribution in [0, 0.1) is 0 Å². The molecule has 0 heterocycles. The van der Waals surface area contributed by atoms with Crippen LogP contribution in [0.15, 0.2) is 61.7 Å². The third-order valence-corrected chi connectivity index (χ3v) is 4.23. The van der Waals surface area contributed by atoms with Crippen molar-refractivity contribution in [3.8, 4) is 23.0 Å². The van der Waals surface area contributed by atoms with E-state index in [9.17, 15) is 10.2 Å². The Hall–Kier alpha value is -2.96. The van der Waals surface area contributed by atoms with Crippen molar-refractivity contribution in [1.29, 1.82) is 0 Å². The second-order valence-corrected chi connectivity index (χ2v) is 6.45. The van der Waals surface area contributed by atoms with Gasteiger partial charge in [0.2, 0.25) is 0 Å². The molecule has 0 aromatic heterocycles. The lowest BCUT2D eigenvalue weighted by molar-refractivity contribution is 0.0272. The van der Waals surface area contributed by atoms with Crippen molar-refractivity contribution in [3.05, 3.63) is 72.8 Å². The molecule has 0 aliphatic carbocycles. The minimum atomic E-state index is 0.200. The Balaban J connectivity index is 1.53. The minimum absolute atomic E-state index is 0.200. The van der Waals surface area contributed by atoms with Gasteiger partial charge in [0.15, 0.2) is 0 Å². The molecule has 2 N–H and O–H groups in total. The molecule has 0 saturated carbocycles. The number of hydrogen-bond acceptors (Lipinski definition) is 6. The molecule has 0 spiro atoms. The average Bonchev–Trinajstić information content (AvgIpc) is 2.73. The van der Waals surface area contributed by atoms with Gasteiger partial charge in [-0.1, -0.05) is 24.3 Å². The van der Waals surface area contributed by atoms with Crippen molar-refractivity contribution in [3.63, 3.8) is 0 Å². The Bertz CT molecular complexity index is 802. The Labute approximate surface area is 178 Å². The van der Waals surface area contributed by atoms with Crippen molar-refractivity contribution < 1.29 is 29.2 Å². The molecule has 2 aromatic carbocycles. The van der Waals surface area contributed by atoms with Gasteiger partial charge in [-0.15, -0.1) is 13.2 Å². The van der Waals surface area contributed by atoms with Gasteiger partial charge < -0.3 is 29.2 Å². The van der Waals surface area contributed by atoms with Crippen LogP contribution in [-0.2, 0) is 22.3 Å². The first-order valence-electron chi connectivity index (χ1n) is 9.91. The van der Waals surface area contributed by atoms with Gasteiger partial charge in [-0.25, -0.2) is 0 Å². The molecule has 0 radical (unpaired) electrons. The molecule has 30 heavy (non-hydrogen) atoms. The number of phenolic OH excluding ortho intramolecular Hbond substituents is 2. The smallest absolute Gasteiger partial charge is 0.126 e. The minimum Gasteiger partial charge on any atom is -0.508 e. The van der Waals surface area contributed by atoms with Crippen LogP contribution >= 0.6 is 0 Å². The summed E-state index contributed by atoms with van der Waals surface area (Å²) in [4.78, 5) is 0. The maximum absolute atomic E-state index is 9.89. The summed E-state index contributed by atoms with van der Waals surface area (Å²) < 4.78 is 22.2. The Morgan fingerprint density at radius 1 is 0.733 bits per heavy atom. The maximum atomic E-state index is 9.89. The molecular weight excluding hydrogens is 384 g/mol. The molecule has 0 unspecified atom stereocenters. The molecule has 6 heteroatoms. The lowest BCUT2D eigenvalue weighted by Gasteiger charge is -2.12. The number of rotatable bonds is 15. The van der Waals surface area contributed by atoms with Gasteiger partial charge in [0.25, 0.3) is 0 Å². The third kappa shape index (κ3) is 7.81. The predicted molar refractivity (Wildman–Crippen MR) is 117 cm³/mol. The van der Waals surface area contributed by atoms with Crippen molar-refractivity contribution in [2.24, 2.45) is 0 Å². The number of ether oxygens (including phenoxy) is 4. The summed E-state index contributed by atoms with van der Waals surface area (Å²) in [6.45, 7) is 9.84. The number of aromatic hydroxyl groups is 2. The largest absolute Gasteiger partial charge is 0.508 e. The second kappa shape index (κ2) is 13.3. The molecule has 0 saturated heterocycles. The molecule has 6 nitrogen and oxygen atoms in total. The van der Waals surface area contributed by atoms with E-state index in [4.69, 9.17) is 18.9 Å². The van der Waals surface area contributed by atoms with Crippen LogP contribution in [0.4, 0.5) is 0 Å². The SMILES string of the molecule is C=CCc1ccc(OCCOCCOCCOc2cccc(O)c2CC=C)cc1O. The first-order chi connectivity index (χ1) is 14.7. The fourth-order valence-corrected chi connectivity index (χ4v) is 2.75. The molecule has 0 aliphatic rings. The van der Waals surface area contributed by atoms with E-state index in [1.807, 2.05) is 18.2 Å². The first-order valence-corrected chi connectivity index (χ1v) is 9.91. The van der Waals surface area contributed by atoms with Gasteiger partial charge >= 0.3 is 0 Å². The Morgan fingerprint density at radius 3 is 2.07 bits per heavy atom. The normalized spacial score (nSPS) is 10.5. The van der Waals surface area contributed by atoms with Gasteiger partial charge in [0.1, 0.15) is 36.2 Å². The third-order valence-electron chi connectivity index (χ3n) is 4.23. The molecule has 162 valence electrons. The first kappa shape index (κ1) is 23.3. The van der Waals surface area contributed by atoms with E-state index in [0.29, 0.717) is 64.0 Å². The molecule has 0 atom stereocenters. The molecule has 0 aliphatic heterocycles. The van der Waals surface area contributed by atoms with Crippen molar-refractivity contribution >= 4 is 0 Å². The van der Waals surface area contributed by atoms with Gasteiger partial charge in [-0.2, -0.15) is 0 Å². The summed E-state index contributed by atoms with van der Waals surface area (Å²) >= 11 is 0.